The maximum atomic E-state index is 12.3. The van der Waals surface area contributed by atoms with Crippen molar-refractivity contribution in [2.45, 2.75) is 31.8 Å². The van der Waals surface area contributed by atoms with Gasteiger partial charge in [0.05, 0.1) is 19.8 Å². The molecule has 1 saturated heterocycles. The summed E-state index contributed by atoms with van der Waals surface area (Å²) < 4.78 is 10.4. The molecule has 110 valence electrons. The van der Waals surface area contributed by atoms with Crippen LogP contribution in [0, 0.1) is 11.8 Å². The number of hydrogen-bond donors (Lipinski definition) is 1. The maximum Gasteiger partial charge on any atom is 0.254 e. The molecule has 0 aromatic carbocycles. The second-order valence-corrected chi connectivity index (χ2v) is 5.90. The highest BCUT2D eigenvalue weighted by Crippen LogP contribution is 2.41. The Morgan fingerprint density at radius 2 is 2.11 bits per heavy atom. The molecule has 2 fully saturated rings. The minimum Gasteiger partial charge on any atom is -0.382 e. The molecule has 5 nitrogen and oxygen atoms in total. The van der Waals surface area contributed by atoms with Crippen LogP contribution in [0.3, 0.4) is 0 Å². The lowest BCUT2D eigenvalue weighted by atomic mass is 9.99. The smallest absolute Gasteiger partial charge is 0.254 e. The third-order valence-corrected chi connectivity index (χ3v) is 4.16. The summed E-state index contributed by atoms with van der Waals surface area (Å²) in [5.41, 5.74) is -1.16. The summed E-state index contributed by atoms with van der Waals surface area (Å²) in [5, 5.41) is 10.3. The first-order valence-electron chi connectivity index (χ1n) is 7.14. The molecular formula is C14H25NO4. The normalized spacial score (nSPS) is 26.5. The fraction of sp³-hybridized carbons (Fsp3) is 0.929. The van der Waals surface area contributed by atoms with Crippen LogP contribution in [0.4, 0.5) is 0 Å². The average molecular weight is 271 g/mol. The zero-order valence-corrected chi connectivity index (χ0v) is 11.9. The van der Waals surface area contributed by atoms with Crippen LogP contribution in [0.25, 0.3) is 0 Å². The second-order valence-electron chi connectivity index (χ2n) is 5.90. The van der Waals surface area contributed by atoms with Gasteiger partial charge in [0.15, 0.2) is 0 Å². The summed E-state index contributed by atoms with van der Waals surface area (Å²) >= 11 is 0. The molecule has 1 saturated carbocycles. The molecule has 2 unspecified atom stereocenters. The minimum absolute atomic E-state index is 0.102. The van der Waals surface area contributed by atoms with E-state index in [1.54, 1.807) is 18.9 Å². The molecule has 0 bridgehead atoms. The van der Waals surface area contributed by atoms with E-state index in [9.17, 15) is 9.90 Å². The van der Waals surface area contributed by atoms with Crippen LogP contribution in [0.5, 0.6) is 0 Å². The predicted molar refractivity (Wildman–Crippen MR) is 70.7 cm³/mol. The van der Waals surface area contributed by atoms with Crippen LogP contribution in [0.2, 0.25) is 0 Å². The van der Waals surface area contributed by atoms with Gasteiger partial charge < -0.3 is 19.5 Å². The molecule has 1 N–H and O–H groups in total. The Morgan fingerprint density at radius 3 is 2.74 bits per heavy atom. The Kier molecular flexibility index (Phi) is 4.81. The third-order valence-electron chi connectivity index (χ3n) is 4.16. The van der Waals surface area contributed by atoms with Crippen LogP contribution in [0.1, 0.15) is 26.2 Å². The SMILES string of the molecule is COCCOCC1CCN(C(=O)C(C)(O)C2CC2)C1. The zero-order valence-electron chi connectivity index (χ0n) is 11.9. The van der Waals surface area contributed by atoms with Crippen molar-refractivity contribution >= 4 is 5.91 Å². The van der Waals surface area contributed by atoms with Crippen LogP contribution in [-0.4, -0.2) is 61.5 Å². The van der Waals surface area contributed by atoms with Crippen molar-refractivity contribution in [3.63, 3.8) is 0 Å². The molecule has 0 aromatic rings. The topological polar surface area (TPSA) is 59.0 Å². The number of amides is 1. The lowest BCUT2D eigenvalue weighted by Gasteiger charge is -2.28. The monoisotopic (exact) mass is 271 g/mol. The van der Waals surface area contributed by atoms with E-state index >= 15 is 0 Å². The Hall–Kier alpha value is -0.650. The predicted octanol–water partition coefficient (Wildman–Crippen LogP) is 0.659. The van der Waals surface area contributed by atoms with Crippen molar-refractivity contribution < 1.29 is 19.4 Å². The molecule has 1 aliphatic carbocycles. The van der Waals surface area contributed by atoms with E-state index in [-0.39, 0.29) is 11.8 Å². The van der Waals surface area contributed by atoms with E-state index < -0.39 is 5.60 Å². The lowest BCUT2D eigenvalue weighted by molar-refractivity contribution is -0.150. The largest absolute Gasteiger partial charge is 0.382 e. The number of nitrogens with zero attached hydrogens (tertiary/aromatic N) is 1. The van der Waals surface area contributed by atoms with Crippen LogP contribution >= 0.6 is 0 Å². The first kappa shape index (κ1) is 14.8. The number of ether oxygens (including phenoxy) is 2. The van der Waals surface area contributed by atoms with Gasteiger partial charge in [0.25, 0.3) is 5.91 Å². The van der Waals surface area contributed by atoms with E-state index in [2.05, 4.69) is 0 Å². The summed E-state index contributed by atoms with van der Waals surface area (Å²) in [6.45, 7) is 4.97. The van der Waals surface area contributed by atoms with Gasteiger partial charge in [-0.1, -0.05) is 0 Å². The van der Waals surface area contributed by atoms with Crippen molar-refractivity contribution in [3.05, 3.63) is 0 Å². The molecular weight excluding hydrogens is 246 g/mol. The van der Waals surface area contributed by atoms with Crippen molar-refractivity contribution in [2.24, 2.45) is 11.8 Å². The fourth-order valence-electron chi connectivity index (χ4n) is 2.69. The molecule has 5 heteroatoms. The number of aliphatic hydroxyl groups is 1. The summed E-state index contributed by atoms with van der Waals surface area (Å²) in [7, 11) is 1.65. The number of carbonyl (C=O) groups excluding carboxylic acids is 1. The van der Waals surface area contributed by atoms with Crippen molar-refractivity contribution in [2.75, 3.05) is 40.0 Å². The molecule has 0 radical (unpaired) electrons. The Morgan fingerprint density at radius 1 is 1.37 bits per heavy atom. The number of rotatable bonds is 7. The fourth-order valence-corrected chi connectivity index (χ4v) is 2.69. The van der Waals surface area contributed by atoms with Gasteiger partial charge in [0, 0.05) is 26.1 Å². The highest BCUT2D eigenvalue weighted by Gasteiger charge is 2.48. The van der Waals surface area contributed by atoms with Crippen molar-refractivity contribution in [1.29, 1.82) is 0 Å². The summed E-state index contributed by atoms with van der Waals surface area (Å²) in [4.78, 5) is 14.1. The highest BCUT2D eigenvalue weighted by atomic mass is 16.5. The molecule has 1 amide bonds. The Bertz CT molecular complexity index is 315. The van der Waals surface area contributed by atoms with Gasteiger partial charge in [-0.05, 0) is 32.1 Å². The standard InChI is InChI=1S/C14H25NO4/c1-14(17,12-3-4-12)13(16)15-6-5-11(9-15)10-19-8-7-18-2/h11-12,17H,3-10H2,1-2H3. The summed E-state index contributed by atoms with van der Waals surface area (Å²) in [5.74, 6) is 0.446. The van der Waals surface area contributed by atoms with E-state index in [0.717, 1.165) is 25.8 Å². The maximum absolute atomic E-state index is 12.3. The summed E-state index contributed by atoms with van der Waals surface area (Å²) in [6, 6.07) is 0. The first-order chi connectivity index (χ1) is 9.05. The van der Waals surface area contributed by atoms with Gasteiger partial charge >= 0.3 is 0 Å². The second kappa shape index (κ2) is 6.20. The van der Waals surface area contributed by atoms with E-state index in [1.165, 1.54) is 0 Å². The highest BCUT2D eigenvalue weighted by molar-refractivity contribution is 5.85. The average Bonchev–Trinajstić information content (AvgIpc) is 3.15. The van der Waals surface area contributed by atoms with Crippen molar-refractivity contribution in [3.8, 4) is 0 Å². The molecule has 2 aliphatic rings. The van der Waals surface area contributed by atoms with Crippen LogP contribution in [0.15, 0.2) is 0 Å². The third kappa shape index (κ3) is 3.68. The van der Waals surface area contributed by atoms with Gasteiger partial charge in [-0.2, -0.15) is 0 Å². The van der Waals surface area contributed by atoms with Gasteiger partial charge in [0.1, 0.15) is 5.60 Å². The minimum atomic E-state index is -1.16. The molecule has 1 heterocycles. The first-order valence-corrected chi connectivity index (χ1v) is 7.14. The van der Waals surface area contributed by atoms with Crippen LogP contribution in [-0.2, 0) is 14.3 Å². The Labute approximate surface area is 114 Å². The molecule has 19 heavy (non-hydrogen) atoms. The summed E-state index contributed by atoms with van der Waals surface area (Å²) in [6.07, 6.45) is 2.89. The lowest BCUT2D eigenvalue weighted by Crippen LogP contribution is -2.47. The van der Waals surface area contributed by atoms with E-state index in [1.807, 2.05) is 0 Å². The number of methoxy groups -OCH3 is 1. The van der Waals surface area contributed by atoms with Gasteiger partial charge in [-0.15, -0.1) is 0 Å². The number of carbonyl (C=O) groups is 1. The van der Waals surface area contributed by atoms with Gasteiger partial charge in [0.2, 0.25) is 0 Å². The van der Waals surface area contributed by atoms with E-state index in [4.69, 9.17) is 9.47 Å². The van der Waals surface area contributed by atoms with E-state index in [0.29, 0.717) is 32.3 Å². The molecule has 1 aliphatic heterocycles. The van der Waals surface area contributed by atoms with Crippen molar-refractivity contribution in [1.82, 2.24) is 4.90 Å². The van der Waals surface area contributed by atoms with Gasteiger partial charge in [-0.25, -0.2) is 0 Å². The molecule has 0 aromatic heterocycles. The number of likely N-dealkylation sites (tertiary alicyclic amines) is 1. The molecule has 2 rings (SSSR count). The molecule has 2 atom stereocenters. The van der Waals surface area contributed by atoms with Gasteiger partial charge in [-0.3, -0.25) is 4.79 Å². The Balaban J connectivity index is 1.73. The van der Waals surface area contributed by atoms with Crippen LogP contribution < -0.4 is 0 Å². The quantitative estimate of drug-likeness (QED) is 0.691. The number of hydrogen-bond acceptors (Lipinski definition) is 4. The molecule has 0 spiro atoms. The zero-order chi connectivity index (χ0) is 13.9.